The van der Waals surface area contributed by atoms with E-state index in [-0.39, 0.29) is 11.9 Å². The van der Waals surface area contributed by atoms with Crippen molar-refractivity contribution in [3.63, 3.8) is 0 Å². The van der Waals surface area contributed by atoms with E-state index in [1.54, 1.807) is 6.92 Å². The Hall–Kier alpha value is -2.74. The smallest absolute Gasteiger partial charge is 0.266 e. The zero-order chi connectivity index (χ0) is 19.7. The molecule has 0 aliphatic carbocycles. The van der Waals surface area contributed by atoms with Crippen LogP contribution in [0.25, 0.3) is 10.6 Å². The van der Waals surface area contributed by atoms with Gasteiger partial charge in [-0.25, -0.2) is 4.98 Å². The third-order valence-corrected chi connectivity index (χ3v) is 5.94. The highest BCUT2D eigenvalue weighted by molar-refractivity contribution is 7.17. The van der Waals surface area contributed by atoms with E-state index < -0.39 is 0 Å². The van der Waals surface area contributed by atoms with Crippen molar-refractivity contribution in [3.8, 4) is 16.3 Å². The van der Waals surface area contributed by atoms with E-state index in [0.29, 0.717) is 29.8 Å². The van der Waals surface area contributed by atoms with Crippen LogP contribution < -0.4 is 4.74 Å². The number of ether oxygens (including phenoxy) is 1. The van der Waals surface area contributed by atoms with E-state index in [4.69, 9.17) is 9.15 Å². The molecule has 3 aromatic rings. The molecule has 0 radical (unpaired) electrons. The van der Waals surface area contributed by atoms with E-state index in [1.165, 1.54) is 11.3 Å². The monoisotopic (exact) mass is 398 g/mol. The van der Waals surface area contributed by atoms with Crippen LogP contribution in [0.5, 0.6) is 5.75 Å². The Labute approximate surface area is 167 Å². The number of aromatic nitrogens is 3. The second kappa shape index (κ2) is 7.71. The van der Waals surface area contributed by atoms with Crippen LogP contribution in [0.4, 0.5) is 0 Å². The maximum absolute atomic E-state index is 13.2. The van der Waals surface area contributed by atoms with Crippen LogP contribution >= 0.6 is 11.3 Å². The van der Waals surface area contributed by atoms with Gasteiger partial charge in [0.2, 0.25) is 11.8 Å². The summed E-state index contributed by atoms with van der Waals surface area (Å²) in [5, 5.41) is 8.85. The zero-order valence-corrected chi connectivity index (χ0v) is 17.0. The molecule has 8 heteroatoms. The quantitative estimate of drug-likeness (QED) is 0.641. The topological polar surface area (TPSA) is 81.4 Å². The number of thiazole rings is 1. The summed E-state index contributed by atoms with van der Waals surface area (Å²) in [5.41, 5.74) is 1.72. The lowest BCUT2D eigenvalue weighted by molar-refractivity contribution is 0.0718. The maximum atomic E-state index is 13.2. The number of rotatable bonds is 5. The molecule has 4 rings (SSSR count). The van der Waals surface area contributed by atoms with E-state index in [2.05, 4.69) is 15.2 Å². The zero-order valence-electron chi connectivity index (χ0n) is 16.1. The van der Waals surface area contributed by atoms with Gasteiger partial charge in [0, 0.05) is 19.0 Å². The van der Waals surface area contributed by atoms with Gasteiger partial charge in [0.25, 0.3) is 5.91 Å². The number of carbonyl (C=O) groups is 1. The molecule has 0 unspecified atom stereocenters. The van der Waals surface area contributed by atoms with Gasteiger partial charge in [-0.05, 0) is 51.0 Å². The van der Waals surface area contributed by atoms with Crippen LogP contribution in [0.2, 0.25) is 0 Å². The minimum Gasteiger partial charge on any atom is -0.494 e. The van der Waals surface area contributed by atoms with Crippen molar-refractivity contribution >= 4 is 17.2 Å². The van der Waals surface area contributed by atoms with Crippen molar-refractivity contribution in [2.24, 2.45) is 0 Å². The van der Waals surface area contributed by atoms with Crippen LogP contribution in [0, 0.1) is 13.8 Å². The summed E-state index contributed by atoms with van der Waals surface area (Å²) in [6.45, 7) is 6.90. The molecule has 7 nitrogen and oxygen atoms in total. The van der Waals surface area contributed by atoms with E-state index in [9.17, 15) is 4.79 Å². The largest absolute Gasteiger partial charge is 0.494 e. The van der Waals surface area contributed by atoms with E-state index in [0.717, 1.165) is 34.9 Å². The summed E-state index contributed by atoms with van der Waals surface area (Å²) < 4.78 is 11.1. The highest BCUT2D eigenvalue weighted by Crippen LogP contribution is 2.35. The molecule has 1 atom stereocenters. The summed E-state index contributed by atoms with van der Waals surface area (Å²) in [4.78, 5) is 20.3. The van der Waals surface area contributed by atoms with Crippen molar-refractivity contribution in [2.75, 3.05) is 13.2 Å². The molecule has 0 bridgehead atoms. The SMILES string of the molecule is CCOc1ccc(-c2nc(C)c(C(=O)N3CCC[C@@H]3c3nnc(C)o3)s2)cc1. The number of nitrogens with zero attached hydrogens (tertiary/aromatic N) is 4. The Morgan fingerprint density at radius 1 is 1.29 bits per heavy atom. The summed E-state index contributed by atoms with van der Waals surface area (Å²) in [7, 11) is 0. The van der Waals surface area contributed by atoms with Gasteiger partial charge in [-0.2, -0.15) is 0 Å². The fourth-order valence-corrected chi connectivity index (χ4v) is 4.45. The number of amides is 1. The third-order valence-electron chi connectivity index (χ3n) is 4.74. The average molecular weight is 398 g/mol. The number of hydrogen-bond acceptors (Lipinski definition) is 7. The maximum Gasteiger partial charge on any atom is 0.266 e. The molecule has 1 amide bonds. The lowest BCUT2D eigenvalue weighted by atomic mass is 10.2. The van der Waals surface area contributed by atoms with Crippen LogP contribution in [0.3, 0.4) is 0 Å². The molecule has 1 saturated heterocycles. The highest BCUT2D eigenvalue weighted by Gasteiger charge is 2.35. The molecule has 1 aliphatic heterocycles. The Morgan fingerprint density at radius 2 is 2.07 bits per heavy atom. The highest BCUT2D eigenvalue weighted by atomic mass is 32.1. The first kappa shape index (κ1) is 18.6. The van der Waals surface area contributed by atoms with Gasteiger partial charge in [-0.3, -0.25) is 4.79 Å². The first-order chi connectivity index (χ1) is 13.6. The van der Waals surface area contributed by atoms with Crippen LogP contribution in [-0.4, -0.2) is 39.1 Å². The summed E-state index contributed by atoms with van der Waals surface area (Å²) in [6.07, 6.45) is 1.75. The van der Waals surface area contributed by atoms with Crippen LogP contribution in [-0.2, 0) is 0 Å². The number of benzene rings is 1. The normalized spacial score (nSPS) is 16.5. The predicted octanol–water partition coefficient (Wildman–Crippen LogP) is 4.19. The Bertz CT molecular complexity index is 980. The summed E-state index contributed by atoms with van der Waals surface area (Å²) in [5.74, 6) is 1.83. The van der Waals surface area contributed by atoms with Crippen molar-refractivity contribution in [3.05, 3.63) is 46.6 Å². The molecule has 146 valence electrons. The lowest BCUT2D eigenvalue weighted by Gasteiger charge is -2.21. The molecular weight excluding hydrogens is 376 g/mol. The molecular formula is C20H22N4O3S. The second-order valence-corrected chi connectivity index (χ2v) is 7.71. The third kappa shape index (κ3) is 3.52. The van der Waals surface area contributed by atoms with Gasteiger partial charge in [0.1, 0.15) is 21.7 Å². The van der Waals surface area contributed by atoms with Crippen molar-refractivity contribution in [1.29, 1.82) is 0 Å². The van der Waals surface area contributed by atoms with Gasteiger partial charge in [-0.1, -0.05) is 0 Å². The van der Waals surface area contributed by atoms with Gasteiger partial charge in [0.15, 0.2) is 0 Å². The molecule has 0 spiro atoms. The minimum absolute atomic E-state index is 0.0226. The van der Waals surface area contributed by atoms with Crippen molar-refractivity contribution in [1.82, 2.24) is 20.1 Å². The minimum atomic E-state index is -0.163. The molecule has 1 aliphatic rings. The molecule has 0 saturated carbocycles. The Morgan fingerprint density at radius 3 is 2.75 bits per heavy atom. The standard InChI is InChI=1S/C20H22N4O3S/c1-4-26-15-9-7-14(8-10-15)19-21-12(2)17(28-19)20(25)24-11-5-6-16(24)18-23-22-13(3)27-18/h7-10,16H,4-6,11H2,1-3H3/t16-/m1/s1. The fourth-order valence-electron chi connectivity index (χ4n) is 3.42. The van der Waals surface area contributed by atoms with Crippen molar-refractivity contribution in [2.45, 2.75) is 39.7 Å². The molecule has 1 aromatic carbocycles. The average Bonchev–Trinajstić information content (AvgIpc) is 3.41. The van der Waals surface area contributed by atoms with Crippen molar-refractivity contribution < 1.29 is 13.9 Å². The Balaban J connectivity index is 1.58. The van der Waals surface area contributed by atoms with Gasteiger partial charge >= 0.3 is 0 Å². The van der Waals surface area contributed by atoms with E-state index in [1.807, 2.05) is 43.0 Å². The number of likely N-dealkylation sites (tertiary alicyclic amines) is 1. The van der Waals surface area contributed by atoms with Crippen LogP contribution in [0.1, 0.15) is 53.0 Å². The molecule has 1 fully saturated rings. The molecule has 2 aromatic heterocycles. The van der Waals surface area contributed by atoms with E-state index >= 15 is 0 Å². The summed E-state index contributed by atoms with van der Waals surface area (Å²) >= 11 is 1.42. The Kier molecular flexibility index (Phi) is 5.13. The second-order valence-electron chi connectivity index (χ2n) is 6.71. The number of carbonyl (C=O) groups excluding carboxylic acids is 1. The van der Waals surface area contributed by atoms with Gasteiger partial charge < -0.3 is 14.1 Å². The number of aryl methyl sites for hydroxylation is 2. The molecule has 3 heterocycles. The molecule has 0 N–H and O–H groups in total. The first-order valence-corrected chi connectivity index (χ1v) is 10.2. The van der Waals surface area contributed by atoms with Gasteiger partial charge in [0.05, 0.1) is 12.3 Å². The fraction of sp³-hybridized carbons (Fsp3) is 0.400. The van der Waals surface area contributed by atoms with Crippen LogP contribution in [0.15, 0.2) is 28.7 Å². The summed E-state index contributed by atoms with van der Waals surface area (Å²) in [6, 6.07) is 7.62. The lowest BCUT2D eigenvalue weighted by Crippen LogP contribution is -2.30. The predicted molar refractivity (Wildman–Crippen MR) is 106 cm³/mol. The number of hydrogen-bond donors (Lipinski definition) is 0. The first-order valence-electron chi connectivity index (χ1n) is 9.38. The molecule has 28 heavy (non-hydrogen) atoms. The van der Waals surface area contributed by atoms with Gasteiger partial charge in [-0.15, -0.1) is 21.5 Å².